The van der Waals surface area contributed by atoms with Gasteiger partial charge in [0, 0.05) is 48.3 Å². The molecule has 3 aromatic rings. The minimum atomic E-state index is -4.53. The van der Waals surface area contributed by atoms with Gasteiger partial charge in [-0.15, -0.1) is 0 Å². The minimum Gasteiger partial charge on any atom is -0.466 e. The predicted molar refractivity (Wildman–Crippen MR) is 129 cm³/mol. The fourth-order valence-electron chi connectivity index (χ4n) is 4.08. The lowest BCUT2D eigenvalue weighted by molar-refractivity contribution is -0.144. The zero-order valence-electron chi connectivity index (χ0n) is 20.1. The lowest BCUT2D eigenvalue weighted by atomic mass is 10.0. The summed E-state index contributed by atoms with van der Waals surface area (Å²) in [4.78, 5) is 38.0. The summed E-state index contributed by atoms with van der Waals surface area (Å²) in [5.41, 5.74) is 1.11. The number of fused-ring (bicyclic) bond motifs is 1. The van der Waals surface area contributed by atoms with Gasteiger partial charge in [-0.25, -0.2) is 0 Å². The molecule has 194 valence electrons. The van der Waals surface area contributed by atoms with E-state index in [0.717, 1.165) is 17.7 Å². The molecule has 37 heavy (non-hydrogen) atoms. The SMILES string of the molecule is CCOC(=O)CCC(=O)Nc1cccc(-c2cc3c(o2)CCN(C(=O)c2cccc(C(F)(F)F)c2)C3)c1. The van der Waals surface area contributed by atoms with Crippen LogP contribution < -0.4 is 5.32 Å². The van der Waals surface area contributed by atoms with Crippen LogP contribution in [0.15, 0.2) is 59.0 Å². The van der Waals surface area contributed by atoms with Gasteiger partial charge < -0.3 is 19.4 Å². The van der Waals surface area contributed by atoms with Gasteiger partial charge in [0.25, 0.3) is 5.91 Å². The molecule has 0 saturated heterocycles. The Morgan fingerprint density at radius 1 is 1.05 bits per heavy atom. The maximum absolute atomic E-state index is 13.1. The van der Waals surface area contributed by atoms with Crippen molar-refractivity contribution >= 4 is 23.5 Å². The Kier molecular flexibility index (Phi) is 7.66. The third-order valence-electron chi connectivity index (χ3n) is 5.88. The number of ether oxygens (including phenoxy) is 1. The molecule has 2 aromatic carbocycles. The molecule has 7 nitrogen and oxygen atoms in total. The Morgan fingerprint density at radius 3 is 2.59 bits per heavy atom. The zero-order chi connectivity index (χ0) is 26.6. The molecule has 0 spiro atoms. The fraction of sp³-hybridized carbons (Fsp3) is 0.296. The number of alkyl halides is 3. The molecule has 0 fully saturated rings. The number of esters is 1. The summed E-state index contributed by atoms with van der Waals surface area (Å²) in [7, 11) is 0. The molecule has 2 amide bonds. The van der Waals surface area contributed by atoms with Gasteiger partial charge in [-0.05, 0) is 43.3 Å². The predicted octanol–water partition coefficient (Wildman–Crippen LogP) is 5.45. The first-order valence-corrected chi connectivity index (χ1v) is 11.8. The molecular formula is C27H25F3N2O5. The van der Waals surface area contributed by atoms with Crippen molar-refractivity contribution in [1.29, 1.82) is 0 Å². The molecule has 4 rings (SSSR count). The second-order valence-corrected chi connectivity index (χ2v) is 8.55. The molecule has 0 unspecified atom stereocenters. The molecule has 0 radical (unpaired) electrons. The minimum absolute atomic E-state index is 0.00610. The number of furan rings is 1. The van der Waals surface area contributed by atoms with Crippen molar-refractivity contribution in [2.75, 3.05) is 18.5 Å². The molecule has 1 N–H and O–H groups in total. The van der Waals surface area contributed by atoms with Crippen molar-refractivity contribution in [2.24, 2.45) is 0 Å². The van der Waals surface area contributed by atoms with Gasteiger partial charge in [0.1, 0.15) is 11.5 Å². The number of nitrogens with one attached hydrogen (secondary N) is 1. The van der Waals surface area contributed by atoms with E-state index in [0.29, 0.717) is 35.7 Å². The summed E-state index contributed by atoms with van der Waals surface area (Å²) in [5.74, 6) is 0.000763. The van der Waals surface area contributed by atoms with Gasteiger partial charge in [0.2, 0.25) is 5.91 Å². The number of anilines is 1. The second-order valence-electron chi connectivity index (χ2n) is 8.55. The van der Waals surface area contributed by atoms with Gasteiger partial charge in [-0.1, -0.05) is 18.2 Å². The lowest BCUT2D eigenvalue weighted by Crippen LogP contribution is -2.35. The molecule has 10 heteroatoms. The summed E-state index contributed by atoms with van der Waals surface area (Å²) in [5, 5.41) is 2.75. The van der Waals surface area contributed by atoms with Crippen LogP contribution in [0.2, 0.25) is 0 Å². The van der Waals surface area contributed by atoms with Crippen molar-refractivity contribution in [3.8, 4) is 11.3 Å². The van der Waals surface area contributed by atoms with E-state index in [9.17, 15) is 27.6 Å². The van der Waals surface area contributed by atoms with Crippen molar-refractivity contribution in [2.45, 2.75) is 38.9 Å². The average Bonchev–Trinajstić information content (AvgIpc) is 3.31. The number of hydrogen-bond donors (Lipinski definition) is 1. The smallest absolute Gasteiger partial charge is 0.416 e. The van der Waals surface area contributed by atoms with Gasteiger partial charge in [-0.2, -0.15) is 13.2 Å². The highest BCUT2D eigenvalue weighted by molar-refractivity contribution is 5.95. The van der Waals surface area contributed by atoms with Gasteiger partial charge in [-0.3, -0.25) is 14.4 Å². The molecule has 0 saturated carbocycles. The van der Waals surface area contributed by atoms with Crippen LogP contribution >= 0.6 is 0 Å². The van der Waals surface area contributed by atoms with Crippen LogP contribution in [-0.2, 0) is 33.5 Å². The van der Waals surface area contributed by atoms with Crippen LogP contribution in [0.5, 0.6) is 0 Å². The van der Waals surface area contributed by atoms with E-state index in [1.807, 2.05) is 6.07 Å². The van der Waals surface area contributed by atoms with Gasteiger partial charge >= 0.3 is 12.1 Å². The van der Waals surface area contributed by atoms with E-state index in [-0.39, 0.29) is 37.5 Å². The van der Waals surface area contributed by atoms with Crippen molar-refractivity contribution in [3.05, 3.63) is 77.0 Å². The second kappa shape index (κ2) is 10.9. The lowest BCUT2D eigenvalue weighted by Gasteiger charge is -2.26. The summed E-state index contributed by atoms with van der Waals surface area (Å²) in [6.07, 6.45) is -4.13. The maximum Gasteiger partial charge on any atom is 0.416 e. The van der Waals surface area contributed by atoms with Crippen LogP contribution in [-0.4, -0.2) is 35.8 Å². The van der Waals surface area contributed by atoms with E-state index in [1.54, 1.807) is 31.2 Å². The fourth-order valence-corrected chi connectivity index (χ4v) is 4.08. The third-order valence-corrected chi connectivity index (χ3v) is 5.88. The Labute approximate surface area is 211 Å². The number of carbonyl (C=O) groups excluding carboxylic acids is 3. The molecule has 1 aliphatic heterocycles. The number of carbonyl (C=O) groups is 3. The normalized spacial score (nSPS) is 13.1. The number of halogens is 3. The monoisotopic (exact) mass is 514 g/mol. The van der Waals surface area contributed by atoms with Crippen LogP contribution in [0.25, 0.3) is 11.3 Å². The number of nitrogens with zero attached hydrogens (tertiary/aromatic N) is 1. The van der Waals surface area contributed by atoms with E-state index in [4.69, 9.17) is 9.15 Å². The van der Waals surface area contributed by atoms with Crippen LogP contribution in [0.1, 0.15) is 47.0 Å². The number of amides is 2. The van der Waals surface area contributed by atoms with Gasteiger partial charge in [0.15, 0.2) is 0 Å². The molecule has 0 atom stereocenters. The van der Waals surface area contributed by atoms with Crippen LogP contribution in [0.4, 0.5) is 18.9 Å². The van der Waals surface area contributed by atoms with Crippen molar-refractivity contribution in [1.82, 2.24) is 4.90 Å². The highest BCUT2D eigenvalue weighted by Crippen LogP contribution is 2.33. The summed E-state index contributed by atoms with van der Waals surface area (Å²) in [6.45, 7) is 2.47. The third kappa shape index (κ3) is 6.38. The summed E-state index contributed by atoms with van der Waals surface area (Å²) >= 11 is 0. The highest BCUT2D eigenvalue weighted by atomic mass is 19.4. The largest absolute Gasteiger partial charge is 0.466 e. The average molecular weight is 515 g/mol. The first-order chi connectivity index (χ1) is 17.6. The Morgan fingerprint density at radius 2 is 1.84 bits per heavy atom. The number of hydrogen-bond acceptors (Lipinski definition) is 5. The Bertz CT molecular complexity index is 1320. The van der Waals surface area contributed by atoms with Crippen LogP contribution in [0.3, 0.4) is 0 Å². The zero-order valence-corrected chi connectivity index (χ0v) is 20.1. The highest BCUT2D eigenvalue weighted by Gasteiger charge is 2.32. The summed E-state index contributed by atoms with van der Waals surface area (Å²) < 4.78 is 50.0. The molecule has 1 aromatic heterocycles. The molecule has 0 bridgehead atoms. The topological polar surface area (TPSA) is 88.8 Å². The van der Waals surface area contributed by atoms with E-state index in [2.05, 4.69) is 5.32 Å². The van der Waals surface area contributed by atoms with E-state index >= 15 is 0 Å². The van der Waals surface area contributed by atoms with E-state index < -0.39 is 23.6 Å². The molecular weight excluding hydrogens is 489 g/mol. The number of benzene rings is 2. The van der Waals surface area contributed by atoms with Crippen molar-refractivity contribution < 1.29 is 36.7 Å². The molecule has 1 aliphatic rings. The number of rotatable bonds is 7. The maximum atomic E-state index is 13.1. The Hall–Kier alpha value is -4.08. The quantitative estimate of drug-likeness (QED) is 0.424. The Balaban J connectivity index is 1.43. The summed E-state index contributed by atoms with van der Waals surface area (Å²) in [6, 6.07) is 13.2. The van der Waals surface area contributed by atoms with Crippen LogP contribution in [0, 0.1) is 0 Å². The first kappa shape index (κ1) is 26.0. The first-order valence-electron chi connectivity index (χ1n) is 11.8. The molecule has 0 aliphatic carbocycles. The van der Waals surface area contributed by atoms with E-state index in [1.165, 1.54) is 17.0 Å². The van der Waals surface area contributed by atoms with Gasteiger partial charge in [0.05, 0.1) is 18.6 Å². The van der Waals surface area contributed by atoms with Crippen molar-refractivity contribution in [3.63, 3.8) is 0 Å². The molecule has 2 heterocycles. The standard InChI is InChI=1S/C27H25F3N2O5/c1-2-36-25(34)10-9-24(33)31-21-8-4-5-17(14-21)23-15-19-16-32(12-11-22(19)37-23)26(35)18-6-3-7-20(13-18)27(28,29)30/h3-8,13-15H,2,9-12,16H2,1H3,(H,31,33).